The van der Waals surface area contributed by atoms with E-state index in [1.807, 2.05) is 31.2 Å². The van der Waals surface area contributed by atoms with E-state index in [0.29, 0.717) is 19.1 Å². The van der Waals surface area contributed by atoms with Crippen LogP contribution in [0.25, 0.3) is 10.9 Å². The van der Waals surface area contributed by atoms with Crippen LogP contribution in [0.15, 0.2) is 30.5 Å². The molecule has 146 valence electrons. The highest BCUT2D eigenvalue weighted by atomic mass is 16.5. The minimum atomic E-state index is -0.738. The first-order valence-corrected chi connectivity index (χ1v) is 10.1. The molecule has 1 saturated carbocycles. The molecule has 1 N–H and O–H groups in total. The molecule has 2 atom stereocenters. The van der Waals surface area contributed by atoms with E-state index in [0.717, 1.165) is 54.4 Å². The molecule has 2 aromatic rings. The summed E-state index contributed by atoms with van der Waals surface area (Å²) in [7, 11) is 0. The zero-order valence-electron chi connectivity index (χ0n) is 16.6. The summed E-state index contributed by atoms with van der Waals surface area (Å²) in [6.45, 7) is 7.39. The van der Waals surface area contributed by atoms with Gasteiger partial charge in [0, 0.05) is 18.2 Å². The highest BCUT2D eigenvalue weighted by molar-refractivity contribution is 6.05. The summed E-state index contributed by atoms with van der Waals surface area (Å²) in [5.74, 6) is 1.18. The molecule has 1 aliphatic rings. The van der Waals surface area contributed by atoms with Gasteiger partial charge in [-0.2, -0.15) is 0 Å². The molecule has 27 heavy (non-hydrogen) atoms. The second-order valence-electron chi connectivity index (χ2n) is 7.44. The molecular weight excluding hydrogens is 340 g/mol. The Morgan fingerprint density at radius 2 is 2.19 bits per heavy atom. The number of ether oxygens (including phenoxy) is 2. The minimum absolute atomic E-state index is 0.0525. The Labute approximate surface area is 161 Å². The van der Waals surface area contributed by atoms with Gasteiger partial charge in [-0.05, 0) is 62.8 Å². The van der Waals surface area contributed by atoms with E-state index in [9.17, 15) is 4.79 Å². The van der Waals surface area contributed by atoms with Crippen LogP contribution in [-0.4, -0.2) is 29.7 Å². The summed E-state index contributed by atoms with van der Waals surface area (Å²) in [5.41, 5.74) is 0.786. The molecule has 1 aliphatic carbocycles. The number of hydrogen-bond acceptors (Lipinski definition) is 4. The Morgan fingerprint density at radius 3 is 2.93 bits per heavy atom. The number of amides is 1. The molecule has 1 amide bonds. The van der Waals surface area contributed by atoms with Gasteiger partial charge in [-0.1, -0.05) is 20.3 Å². The molecule has 1 aromatic carbocycles. The SMILES string of the molecule is CCCOc1ccc(NC(=O)[C@]2(OCC)CCC[C@H](C)C2)c2cccnc12. The van der Waals surface area contributed by atoms with Crippen LogP contribution in [0, 0.1) is 5.92 Å². The highest BCUT2D eigenvalue weighted by Crippen LogP contribution is 2.37. The third-order valence-electron chi connectivity index (χ3n) is 5.23. The first kappa shape index (κ1) is 19.6. The molecule has 0 radical (unpaired) electrons. The van der Waals surface area contributed by atoms with Gasteiger partial charge in [0.15, 0.2) is 0 Å². The lowest BCUT2D eigenvalue weighted by Gasteiger charge is -2.38. The summed E-state index contributed by atoms with van der Waals surface area (Å²) in [6, 6.07) is 7.63. The van der Waals surface area contributed by atoms with Gasteiger partial charge in [-0.3, -0.25) is 9.78 Å². The third kappa shape index (κ3) is 4.24. The van der Waals surface area contributed by atoms with E-state index in [-0.39, 0.29) is 5.91 Å². The Morgan fingerprint density at radius 1 is 1.33 bits per heavy atom. The Balaban J connectivity index is 1.90. The predicted octanol–water partition coefficient (Wildman–Crippen LogP) is 4.95. The van der Waals surface area contributed by atoms with Gasteiger partial charge in [0.2, 0.25) is 0 Å². The zero-order chi connectivity index (χ0) is 19.3. The molecule has 5 heteroatoms. The van der Waals surface area contributed by atoms with Gasteiger partial charge in [0.25, 0.3) is 5.91 Å². The Bertz CT molecular complexity index is 788. The van der Waals surface area contributed by atoms with Crippen LogP contribution in [0.4, 0.5) is 5.69 Å². The standard InChI is InChI=1S/C22H30N2O3/c1-4-14-26-19-11-10-18(17-9-7-13-23-20(17)19)24-21(25)22(27-5-2)12-6-8-16(3)15-22/h7,9-11,13,16H,4-6,8,12,14-15H2,1-3H3,(H,24,25)/t16-,22-/m0/s1. The summed E-state index contributed by atoms with van der Waals surface area (Å²) in [5, 5.41) is 4.01. The van der Waals surface area contributed by atoms with Gasteiger partial charge in [-0.15, -0.1) is 0 Å². The van der Waals surface area contributed by atoms with Gasteiger partial charge in [-0.25, -0.2) is 0 Å². The number of rotatable bonds is 7. The second-order valence-corrected chi connectivity index (χ2v) is 7.44. The monoisotopic (exact) mass is 370 g/mol. The number of carbonyl (C=O) groups excluding carboxylic acids is 1. The van der Waals surface area contributed by atoms with Crippen molar-refractivity contribution in [3.05, 3.63) is 30.5 Å². The van der Waals surface area contributed by atoms with Crippen LogP contribution < -0.4 is 10.1 Å². The number of fused-ring (bicyclic) bond motifs is 1. The molecule has 0 saturated heterocycles. The molecule has 1 fully saturated rings. The fourth-order valence-electron chi connectivity index (χ4n) is 4.00. The lowest BCUT2D eigenvalue weighted by Crippen LogP contribution is -2.48. The Kier molecular flexibility index (Phi) is 6.32. The second kappa shape index (κ2) is 8.70. The molecule has 5 nitrogen and oxygen atoms in total. The maximum absolute atomic E-state index is 13.2. The van der Waals surface area contributed by atoms with Crippen LogP contribution in [-0.2, 0) is 9.53 Å². The van der Waals surface area contributed by atoms with Crippen LogP contribution in [0.2, 0.25) is 0 Å². The first-order chi connectivity index (χ1) is 13.1. The molecule has 0 unspecified atom stereocenters. The van der Waals surface area contributed by atoms with Gasteiger partial charge in [0.1, 0.15) is 16.9 Å². The lowest BCUT2D eigenvalue weighted by atomic mass is 9.78. The van der Waals surface area contributed by atoms with Crippen molar-refractivity contribution in [2.24, 2.45) is 5.92 Å². The lowest BCUT2D eigenvalue weighted by molar-refractivity contribution is -0.147. The average molecular weight is 370 g/mol. The highest BCUT2D eigenvalue weighted by Gasteiger charge is 2.42. The van der Waals surface area contributed by atoms with Crippen molar-refractivity contribution in [1.29, 1.82) is 0 Å². The third-order valence-corrected chi connectivity index (χ3v) is 5.23. The molecular formula is C22H30N2O3. The summed E-state index contributed by atoms with van der Waals surface area (Å²) >= 11 is 0. The maximum atomic E-state index is 13.2. The quantitative estimate of drug-likeness (QED) is 0.749. The van der Waals surface area contributed by atoms with Crippen LogP contribution >= 0.6 is 0 Å². The smallest absolute Gasteiger partial charge is 0.256 e. The number of benzene rings is 1. The zero-order valence-corrected chi connectivity index (χ0v) is 16.6. The van der Waals surface area contributed by atoms with E-state index in [2.05, 4.69) is 24.1 Å². The molecule has 3 rings (SSSR count). The van der Waals surface area contributed by atoms with Crippen LogP contribution in [0.5, 0.6) is 5.75 Å². The van der Waals surface area contributed by atoms with E-state index < -0.39 is 5.60 Å². The van der Waals surface area contributed by atoms with Crippen molar-refractivity contribution < 1.29 is 14.3 Å². The maximum Gasteiger partial charge on any atom is 0.256 e. The van der Waals surface area contributed by atoms with Crippen molar-refractivity contribution >= 4 is 22.5 Å². The number of anilines is 1. The van der Waals surface area contributed by atoms with Gasteiger partial charge >= 0.3 is 0 Å². The van der Waals surface area contributed by atoms with E-state index in [1.54, 1.807) is 6.20 Å². The van der Waals surface area contributed by atoms with Crippen molar-refractivity contribution in [2.45, 2.75) is 58.5 Å². The summed E-state index contributed by atoms with van der Waals surface area (Å²) < 4.78 is 11.8. The summed E-state index contributed by atoms with van der Waals surface area (Å²) in [6.07, 6.45) is 6.38. The molecule has 1 aromatic heterocycles. The average Bonchev–Trinajstić information content (AvgIpc) is 2.67. The van der Waals surface area contributed by atoms with Crippen LogP contribution in [0.3, 0.4) is 0 Å². The van der Waals surface area contributed by atoms with Gasteiger partial charge in [0.05, 0.1) is 12.3 Å². The normalized spacial score (nSPS) is 22.6. The number of nitrogens with zero attached hydrogens (tertiary/aromatic N) is 1. The Hall–Kier alpha value is -2.14. The number of pyridine rings is 1. The van der Waals surface area contributed by atoms with Crippen molar-refractivity contribution in [3.63, 3.8) is 0 Å². The molecule has 1 heterocycles. The molecule has 0 aliphatic heterocycles. The first-order valence-electron chi connectivity index (χ1n) is 10.1. The van der Waals surface area contributed by atoms with E-state index >= 15 is 0 Å². The van der Waals surface area contributed by atoms with E-state index in [1.165, 1.54) is 0 Å². The van der Waals surface area contributed by atoms with Crippen molar-refractivity contribution in [2.75, 3.05) is 18.5 Å². The van der Waals surface area contributed by atoms with Crippen molar-refractivity contribution in [1.82, 2.24) is 4.98 Å². The fourth-order valence-corrected chi connectivity index (χ4v) is 4.00. The van der Waals surface area contributed by atoms with Gasteiger partial charge < -0.3 is 14.8 Å². The van der Waals surface area contributed by atoms with Crippen LogP contribution in [0.1, 0.15) is 52.9 Å². The number of carbonyl (C=O) groups is 1. The number of nitrogens with one attached hydrogen (secondary N) is 1. The summed E-state index contributed by atoms with van der Waals surface area (Å²) in [4.78, 5) is 17.7. The molecule has 0 bridgehead atoms. The fraction of sp³-hybridized carbons (Fsp3) is 0.545. The largest absolute Gasteiger partial charge is 0.491 e. The predicted molar refractivity (Wildman–Crippen MR) is 108 cm³/mol. The van der Waals surface area contributed by atoms with Crippen molar-refractivity contribution in [3.8, 4) is 5.75 Å². The minimum Gasteiger partial charge on any atom is -0.491 e. The molecule has 0 spiro atoms. The number of hydrogen-bond donors (Lipinski definition) is 1. The topological polar surface area (TPSA) is 60.5 Å². The number of aromatic nitrogens is 1. The van der Waals surface area contributed by atoms with E-state index in [4.69, 9.17) is 9.47 Å².